The number of likely N-dealkylation sites (tertiary alicyclic amines) is 1. The molecule has 0 aliphatic carbocycles. The molecule has 3 aromatic rings. The summed E-state index contributed by atoms with van der Waals surface area (Å²) in [4.78, 5) is 32.0. The van der Waals surface area contributed by atoms with Gasteiger partial charge in [0.2, 0.25) is 5.91 Å². The fourth-order valence-electron chi connectivity index (χ4n) is 4.54. The molecular weight excluding hydrogens is 442 g/mol. The predicted molar refractivity (Wildman–Crippen MR) is 135 cm³/mol. The third kappa shape index (κ3) is 5.25. The van der Waals surface area contributed by atoms with Crippen molar-refractivity contribution < 1.29 is 19.5 Å². The topological polar surface area (TPSA) is 91.2 Å². The van der Waals surface area contributed by atoms with Crippen molar-refractivity contribution in [2.24, 2.45) is 5.16 Å². The number of benzene rings is 3. The van der Waals surface area contributed by atoms with Crippen molar-refractivity contribution in [1.29, 1.82) is 0 Å². The van der Waals surface area contributed by atoms with E-state index in [4.69, 9.17) is 4.84 Å². The van der Waals surface area contributed by atoms with Crippen LogP contribution in [-0.4, -0.2) is 53.8 Å². The average Bonchev–Trinajstić information content (AvgIpc) is 3.33. The van der Waals surface area contributed by atoms with Crippen molar-refractivity contribution in [2.75, 3.05) is 20.2 Å². The average molecular weight is 472 g/mol. The molecule has 0 radical (unpaired) electrons. The highest BCUT2D eigenvalue weighted by Crippen LogP contribution is 2.35. The van der Waals surface area contributed by atoms with Crippen LogP contribution in [-0.2, 0) is 15.2 Å². The number of nitrogens with one attached hydrogen (secondary N) is 1. The smallest absolute Gasteiger partial charge is 0.254 e. The molecular formula is C28H29N3O4. The quantitative estimate of drug-likeness (QED) is 0.515. The Labute approximate surface area is 205 Å². The molecule has 1 aliphatic heterocycles. The number of oxime groups is 1. The summed E-state index contributed by atoms with van der Waals surface area (Å²) in [5.41, 5.74) is 2.29. The van der Waals surface area contributed by atoms with Crippen LogP contribution in [0.4, 0.5) is 0 Å². The molecule has 180 valence electrons. The molecule has 3 aromatic carbocycles. The molecule has 0 saturated carbocycles. The van der Waals surface area contributed by atoms with E-state index in [0.717, 1.165) is 11.1 Å². The number of aliphatic hydroxyl groups is 1. The van der Waals surface area contributed by atoms with Crippen LogP contribution in [0, 0.1) is 0 Å². The molecule has 2 atom stereocenters. The monoisotopic (exact) mass is 471 g/mol. The van der Waals surface area contributed by atoms with Crippen LogP contribution >= 0.6 is 0 Å². The van der Waals surface area contributed by atoms with Crippen molar-refractivity contribution in [1.82, 2.24) is 10.2 Å². The lowest BCUT2D eigenvalue weighted by Gasteiger charge is -2.39. The van der Waals surface area contributed by atoms with Gasteiger partial charge in [-0.15, -0.1) is 0 Å². The van der Waals surface area contributed by atoms with Gasteiger partial charge in [0.25, 0.3) is 5.91 Å². The first-order chi connectivity index (χ1) is 16.9. The van der Waals surface area contributed by atoms with E-state index in [1.807, 2.05) is 60.7 Å². The number of hydrogen-bond acceptors (Lipinski definition) is 5. The van der Waals surface area contributed by atoms with Gasteiger partial charge >= 0.3 is 0 Å². The molecule has 7 heteroatoms. The zero-order valence-corrected chi connectivity index (χ0v) is 19.8. The molecule has 35 heavy (non-hydrogen) atoms. The summed E-state index contributed by atoms with van der Waals surface area (Å²) >= 11 is 0. The molecule has 1 aliphatic rings. The van der Waals surface area contributed by atoms with E-state index in [1.54, 1.807) is 29.2 Å². The van der Waals surface area contributed by atoms with Gasteiger partial charge in [0.05, 0.1) is 24.8 Å². The van der Waals surface area contributed by atoms with Crippen LogP contribution in [0.1, 0.15) is 29.3 Å². The standard InChI is InChI=1S/C28H29N3O4/c1-20(32)29-19-28(34,24-11-7-4-8-12-24)26-17-25(30-35-2)18-31(26)27(33)23-15-13-22(14-16-23)21-9-5-3-6-10-21/h3-16,26,34H,17-19H2,1-2H3,(H,29,32)/b30-25-/t26-,28+/m0/s1. The van der Waals surface area contributed by atoms with Gasteiger partial charge in [0.1, 0.15) is 12.7 Å². The number of nitrogens with zero attached hydrogens (tertiary/aromatic N) is 2. The Balaban J connectivity index is 1.69. The fourth-order valence-corrected chi connectivity index (χ4v) is 4.54. The SMILES string of the molecule is CO/N=C1/C[C@@H]([C@@](O)(CNC(C)=O)c2ccccc2)N(C(=O)c2ccc(-c3ccccc3)cc2)C1. The molecule has 2 amide bonds. The molecule has 0 spiro atoms. The van der Waals surface area contributed by atoms with E-state index in [-0.39, 0.29) is 24.9 Å². The number of rotatable bonds is 7. The van der Waals surface area contributed by atoms with Gasteiger partial charge in [-0.3, -0.25) is 9.59 Å². The zero-order valence-electron chi connectivity index (χ0n) is 19.8. The zero-order chi connectivity index (χ0) is 24.8. The van der Waals surface area contributed by atoms with Crippen molar-refractivity contribution in [3.05, 3.63) is 96.1 Å². The molecule has 0 aromatic heterocycles. The Morgan fingerprint density at radius 2 is 1.60 bits per heavy atom. The second-order valence-corrected chi connectivity index (χ2v) is 8.64. The third-order valence-electron chi connectivity index (χ3n) is 6.31. The first-order valence-electron chi connectivity index (χ1n) is 11.5. The molecule has 1 fully saturated rings. The van der Waals surface area contributed by atoms with Gasteiger partial charge in [-0.25, -0.2) is 0 Å². The van der Waals surface area contributed by atoms with E-state index in [2.05, 4.69) is 10.5 Å². The Bertz CT molecular complexity index is 1200. The summed E-state index contributed by atoms with van der Waals surface area (Å²) in [5.74, 6) is -0.495. The van der Waals surface area contributed by atoms with Crippen molar-refractivity contribution >= 4 is 17.5 Å². The Hall–Kier alpha value is -3.97. The lowest BCUT2D eigenvalue weighted by molar-refractivity contribution is -0.121. The normalized spacial score (nSPS) is 18.2. The highest BCUT2D eigenvalue weighted by Gasteiger charge is 2.48. The maximum absolute atomic E-state index is 13.7. The summed E-state index contributed by atoms with van der Waals surface area (Å²) in [5, 5.41) is 18.8. The molecule has 4 rings (SSSR count). The summed E-state index contributed by atoms with van der Waals surface area (Å²) < 4.78 is 0. The van der Waals surface area contributed by atoms with Gasteiger partial charge in [-0.05, 0) is 28.8 Å². The fraction of sp³-hybridized carbons (Fsp3) is 0.250. The minimum atomic E-state index is -1.53. The van der Waals surface area contributed by atoms with Gasteiger partial charge < -0.3 is 20.2 Å². The van der Waals surface area contributed by atoms with Gasteiger partial charge in [0.15, 0.2) is 0 Å². The van der Waals surface area contributed by atoms with Crippen molar-refractivity contribution in [2.45, 2.75) is 25.0 Å². The summed E-state index contributed by atoms with van der Waals surface area (Å²) in [6.07, 6.45) is 0.312. The van der Waals surface area contributed by atoms with Crippen LogP contribution in [0.5, 0.6) is 0 Å². The Morgan fingerprint density at radius 1 is 1.00 bits per heavy atom. The number of hydrogen-bond donors (Lipinski definition) is 2. The van der Waals surface area contributed by atoms with Gasteiger partial charge in [-0.2, -0.15) is 0 Å². The van der Waals surface area contributed by atoms with E-state index in [1.165, 1.54) is 14.0 Å². The lowest BCUT2D eigenvalue weighted by Crippen LogP contribution is -2.55. The van der Waals surface area contributed by atoms with Crippen LogP contribution in [0.2, 0.25) is 0 Å². The molecule has 0 bridgehead atoms. The van der Waals surface area contributed by atoms with E-state index in [0.29, 0.717) is 23.3 Å². The first-order valence-corrected chi connectivity index (χ1v) is 11.5. The van der Waals surface area contributed by atoms with Crippen LogP contribution < -0.4 is 5.32 Å². The second-order valence-electron chi connectivity index (χ2n) is 8.64. The number of carbonyl (C=O) groups is 2. The molecule has 0 unspecified atom stereocenters. The van der Waals surface area contributed by atoms with Crippen molar-refractivity contribution in [3.8, 4) is 11.1 Å². The van der Waals surface area contributed by atoms with Crippen molar-refractivity contribution in [3.63, 3.8) is 0 Å². The van der Waals surface area contributed by atoms with Crippen LogP contribution in [0.3, 0.4) is 0 Å². The maximum Gasteiger partial charge on any atom is 0.254 e. The number of amides is 2. The predicted octanol–water partition coefficient (Wildman–Crippen LogP) is 3.59. The van der Waals surface area contributed by atoms with Gasteiger partial charge in [-0.1, -0.05) is 78.0 Å². The lowest BCUT2D eigenvalue weighted by atomic mass is 9.84. The summed E-state index contributed by atoms with van der Waals surface area (Å²) in [7, 11) is 1.45. The minimum Gasteiger partial charge on any atom is -0.399 e. The summed E-state index contributed by atoms with van der Waals surface area (Å²) in [6.45, 7) is 1.57. The van der Waals surface area contributed by atoms with E-state index < -0.39 is 11.6 Å². The highest BCUT2D eigenvalue weighted by atomic mass is 16.6. The third-order valence-corrected chi connectivity index (χ3v) is 6.31. The second kappa shape index (κ2) is 10.5. The Kier molecular flexibility index (Phi) is 7.27. The van der Waals surface area contributed by atoms with E-state index >= 15 is 0 Å². The van der Waals surface area contributed by atoms with Crippen LogP contribution in [0.25, 0.3) is 11.1 Å². The first kappa shape index (κ1) is 24.2. The van der Waals surface area contributed by atoms with Crippen LogP contribution in [0.15, 0.2) is 90.1 Å². The maximum atomic E-state index is 13.7. The largest absolute Gasteiger partial charge is 0.399 e. The Morgan fingerprint density at radius 3 is 2.20 bits per heavy atom. The molecule has 2 N–H and O–H groups in total. The number of carbonyl (C=O) groups excluding carboxylic acids is 2. The highest BCUT2D eigenvalue weighted by molar-refractivity contribution is 6.01. The minimum absolute atomic E-state index is 0.0476. The molecule has 7 nitrogen and oxygen atoms in total. The summed E-state index contributed by atoms with van der Waals surface area (Å²) in [6, 6.07) is 25.8. The molecule has 1 saturated heterocycles. The van der Waals surface area contributed by atoms with E-state index in [9.17, 15) is 14.7 Å². The van der Waals surface area contributed by atoms with Gasteiger partial charge in [0, 0.05) is 18.9 Å². The molecule has 1 heterocycles.